The Bertz CT molecular complexity index is 868. The highest BCUT2D eigenvalue weighted by molar-refractivity contribution is 6.01. The number of aromatic nitrogens is 2. The molecule has 0 spiro atoms. The number of imidazole rings is 1. The second-order valence-electron chi connectivity index (χ2n) is 6.87. The molecule has 0 saturated carbocycles. The van der Waals surface area contributed by atoms with E-state index < -0.39 is 23.9 Å². The smallest absolute Gasteiger partial charge is 0.249 e. The van der Waals surface area contributed by atoms with E-state index in [9.17, 15) is 14.0 Å². The third kappa shape index (κ3) is 3.21. The van der Waals surface area contributed by atoms with Gasteiger partial charge in [-0.15, -0.1) is 0 Å². The lowest BCUT2D eigenvalue weighted by Gasteiger charge is -2.21. The van der Waals surface area contributed by atoms with Gasteiger partial charge in [0.2, 0.25) is 11.8 Å². The van der Waals surface area contributed by atoms with Gasteiger partial charge in [0.15, 0.2) is 0 Å². The molecule has 2 fully saturated rings. The number of rotatable bonds is 4. The highest BCUT2D eigenvalue weighted by Gasteiger charge is 2.41. The Morgan fingerprint density at radius 2 is 2.15 bits per heavy atom. The SMILES string of the molecule is Cn1ccnc1[C@@H]1OCC[C@H]1C(=O)NC1CCN(c2ccccc2F)C1=O. The van der Waals surface area contributed by atoms with E-state index in [0.717, 1.165) is 0 Å². The molecule has 27 heavy (non-hydrogen) atoms. The summed E-state index contributed by atoms with van der Waals surface area (Å²) in [5, 5.41) is 2.83. The zero-order valence-electron chi connectivity index (χ0n) is 15.0. The lowest BCUT2D eigenvalue weighted by molar-refractivity contribution is -0.130. The molecule has 2 aliphatic rings. The van der Waals surface area contributed by atoms with E-state index in [4.69, 9.17) is 4.74 Å². The fourth-order valence-electron chi connectivity index (χ4n) is 3.77. The molecule has 1 aromatic carbocycles. The predicted octanol–water partition coefficient (Wildman–Crippen LogP) is 1.56. The van der Waals surface area contributed by atoms with Crippen molar-refractivity contribution < 1.29 is 18.7 Å². The Balaban J connectivity index is 1.45. The summed E-state index contributed by atoms with van der Waals surface area (Å²) >= 11 is 0. The Hall–Kier alpha value is -2.74. The lowest BCUT2D eigenvalue weighted by Crippen LogP contribution is -2.44. The van der Waals surface area contributed by atoms with Crippen LogP contribution in [-0.4, -0.2) is 40.6 Å². The number of halogens is 1. The molecular formula is C19H21FN4O3. The zero-order valence-corrected chi connectivity index (χ0v) is 15.0. The molecule has 1 aromatic heterocycles. The maximum Gasteiger partial charge on any atom is 0.249 e. The number of benzene rings is 1. The minimum absolute atomic E-state index is 0.228. The molecule has 3 heterocycles. The normalized spacial score (nSPS) is 25.2. The van der Waals surface area contributed by atoms with Crippen molar-refractivity contribution >= 4 is 17.5 Å². The average molecular weight is 372 g/mol. The molecule has 142 valence electrons. The lowest BCUT2D eigenvalue weighted by atomic mass is 9.99. The van der Waals surface area contributed by atoms with Crippen LogP contribution in [-0.2, 0) is 21.4 Å². The second kappa shape index (κ2) is 7.11. The summed E-state index contributed by atoms with van der Waals surface area (Å²) in [5.74, 6) is -0.674. The molecule has 2 saturated heterocycles. The Kier molecular flexibility index (Phi) is 4.65. The van der Waals surface area contributed by atoms with E-state index in [-0.39, 0.29) is 17.5 Å². The standard InChI is InChI=1S/C19H21FN4O3/c1-23-10-8-21-17(23)16-12(7-11-27-16)18(25)22-14-6-9-24(19(14)26)15-5-3-2-4-13(15)20/h2-5,8,10,12,14,16H,6-7,9,11H2,1H3,(H,22,25)/t12-,14?,16-/m1/s1. The second-order valence-corrected chi connectivity index (χ2v) is 6.87. The van der Waals surface area contributed by atoms with E-state index in [2.05, 4.69) is 10.3 Å². The third-order valence-electron chi connectivity index (χ3n) is 5.21. The van der Waals surface area contributed by atoms with Gasteiger partial charge in [-0.05, 0) is 25.0 Å². The Labute approximate surface area is 156 Å². The molecule has 4 rings (SSSR count). The fraction of sp³-hybridized carbons (Fsp3) is 0.421. The molecule has 1 N–H and O–H groups in total. The number of ether oxygens (including phenoxy) is 1. The first-order valence-corrected chi connectivity index (χ1v) is 9.01. The number of carbonyl (C=O) groups excluding carboxylic acids is 2. The molecule has 1 unspecified atom stereocenters. The monoisotopic (exact) mass is 372 g/mol. The van der Waals surface area contributed by atoms with Crippen molar-refractivity contribution in [2.45, 2.75) is 25.0 Å². The van der Waals surface area contributed by atoms with Gasteiger partial charge in [-0.1, -0.05) is 12.1 Å². The van der Waals surface area contributed by atoms with Gasteiger partial charge >= 0.3 is 0 Å². The van der Waals surface area contributed by atoms with Crippen LogP contribution in [0.15, 0.2) is 36.7 Å². The molecule has 7 nitrogen and oxygen atoms in total. The van der Waals surface area contributed by atoms with Gasteiger partial charge in [0.1, 0.15) is 23.8 Å². The van der Waals surface area contributed by atoms with Crippen molar-refractivity contribution in [3.8, 4) is 0 Å². The number of hydrogen-bond donors (Lipinski definition) is 1. The molecule has 2 aliphatic heterocycles. The first-order chi connectivity index (χ1) is 13.1. The Morgan fingerprint density at radius 1 is 1.33 bits per heavy atom. The van der Waals surface area contributed by atoms with Gasteiger partial charge in [0, 0.05) is 32.6 Å². The quantitative estimate of drug-likeness (QED) is 0.884. The summed E-state index contributed by atoms with van der Waals surface area (Å²) in [5.41, 5.74) is 0.245. The van der Waals surface area contributed by atoms with Gasteiger partial charge in [-0.25, -0.2) is 9.37 Å². The average Bonchev–Trinajstić information content (AvgIpc) is 3.37. The van der Waals surface area contributed by atoms with Crippen LogP contribution in [0.4, 0.5) is 10.1 Å². The van der Waals surface area contributed by atoms with Crippen LogP contribution in [0.25, 0.3) is 0 Å². The van der Waals surface area contributed by atoms with Crippen LogP contribution in [0.5, 0.6) is 0 Å². The molecule has 0 radical (unpaired) electrons. The van der Waals surface area contributed by atoms with Crippen LogP contribution >= 0.6 is 0 Å². The van der Waals surface area contributed by atoms with Crippen molar-refractivity contribution in [2.24, 2.45) is 13.0 Å². The number of anilines is 1. The van der Waals surface area contributed by atoms with E-state index in [0.29, 0.717) is 31.8 Å². The van der Waals surface area contributed by atoms with Crippen LogP contribution < -0.4 is 10.2 Å². The molecule has 2 amide bonds. The van der Waals surface area contributed by atoms with Crippen molar-refractivity contribution in [1.29, 1.82) is 0 Å². The first-order valence-electron chi connectivity index (χ1n) is 9.01. The van der Waals surface area contributed by atoms with E-state index in [1.807, 2.05) is 11.6 Å². The summed E-state index contributed by atoms with van der Waals surface area (Å²) in [4.78, 5) is 31.1. The van der Waals surface area contributed by atoms with Gasteiger partial charge in [-0.2, -0.15) is 0 Å². The maximum absolute atomic E-state index is 14.0. The van der Waals surface area contributed by atoms with Crippen molar-refractivity contribution in [2.75, 3.05) is 18.1 Å². The summed E-state index contributed by atoms with van der Waals surface area (Å²) in [6.07, 6.45) is 4.06. The number of para-hydroxylation sites is 1. The first kappa shape index (κ1) is 17.7. The summed E-state index contributed by atoms with van der Waals surface area (Å²) in [7, 11) is 1.85. The minimum atomic E-state index is -0.653. The molecule has 8 heteroatoms. The minimum Gasteiger partial charge on any atom is -0.369 e. The highest BCUT2D eigenvalue weighted by atomic mass is 19.1. The molecule has 0 aliphatic carbocycles. The van der Waals surface area contributed by atoms with Crippen molar-refractivity contribution in [1.82, 2.24) is 14.9 Å². The highest BCUT2D eigenvalue weighted by Crippen LogP contribution is 2.34. The third-order valence-corrected chi connectivity index (χ3v) is 5.21. The van der Waals surface area contributed by atoms with E-state index in [1.165, 1.54) is 11.0 Å². The van der Waals surface area contributed by atoms with Gasteiger partial charge in [-0.3, -0.25) is 9.59 Å². The van der Waals surface area contributed by atoms with Crippen LogP contribution in [0.2, 0.25) is 0 Å². The molecule has 0 bridgehead atoms. The Morgan fingerprint density at radius 3 is 2.89 bits per heavy atom. The number of nitrogens with one attached hydrogen (secondary N) is 1. The van der Waals surface area contributed by atoms with Crippen molar-refractivity contribution in [3.05, 3.63) is 48.3 Å². The fourth-order valence-corrected chi connectivity index (χ4v) is 3.77. The zero-order chi connectivity index (χ0) is 19.0. The number of hydrogen-bond acceptors (Lipinski definition) is 4. The summed E-state index contributed by atoms with van der Waals surface area (Å²) in [6.45, 7) is 0.838. The van der Waals surface area contributed by atoms with Crippen LogP contribution in [0.3, 0.4) is 0 Å². The molecular weight excluding hydrogens is 351 g/mol. The van der Waals surface area contributed by atoms with Gasteiger partial charge in [0.25, 0.3) is 0 Å². The summed E-state index contributed by atoms with van der Waals surface area (Å²) in [6, 6.07) is 5.50. The number of nitrogens with zero attached hydrogens (tertiary/aromatic N) is 3. The number of carbonyl (C=O) groups is 2. The van der Waals surface area contributed by atoms with Crippen molar-refractivity contribution in [3.63, 3.8) is 0 Å². The molecule has 2 aromatic rings. The molecule has 3 atom stereocenters. The van der Waals surface area contributed by atoms with E-state index >= 15 is 0 Å². The van der Waals surface area contributed by atoms with E-state index in [1.54, 1.807) is 30.6 Å². The predicted molar refractivity (Wildman–Crippen MR) is 95.3 cm³/mol. The van der Waals surface area contributed by atoms with Crippen LogP contribution in [0, 0.1) is 11.7 Å². The largest absolute Gasteiger partial charge is 0.369 e. The summed E-state index contributed by atoms with van der Waals surface area (Å²) < 4.78 is 21.5. The van der Waals surface area contributed by atoms with Gasteiger partial charge < -0.3 is 19.5 Å². The maximum atomic E-state index is 14.0. The number of amides is 2. The van der Waals surface area contributed by atoms with Gasteiger partial charge in [0.05, 0.1) is 11.6 Å². The number of aryl methyl sites for hydroxylation is 1. The van der Waals surface area contributed by atoms with Crippen LogP contribution in [0.1, 0.15) is 24.8 Å². The topological polar surface area (TPSA) is 76.5 Å².